The molecule has 3 fully saturated rings. The second-order valence-corrected chi connectivity index (χ2v) is 4.92. The third kappa shape index (κ3) is 1.61. The lowest BCUT2D eigenvalue weighted by Gasteiger charge is -2.65. The van der Waals surface area contributed by atoms with Crippen LogP contribution < -0.4 is 0 Å². The highest BCUT2D eigenvalue weighted by Crippen LogP contribution is 2.57. The van der Waals surface area contributed by atoms with Gasteiger partial charge in [0.15, 0.2) is 6.61 Å². The van der Waals surface area contributed by atoms with Gasteiger partial charge in [-0.05, 0) is 13.8 Å². The van der Waals surface area contributed by atoms with Crippen molar-refractivity contribution in [2.24, 2.45) is 0 Å². The van der Waals surface area contributed by atoms with Crippen LogP contribution in [-0.4, -0.2) is 29.3 Å². The van der Waals surface area contributed by atoms with E-state index >= 15 is 0 Å². The predicted octanol–water partition coefficient (Wildman–Crippen LogP) is 1.27. The molecule has 0 amide bonds. The average Bonchev–Trinajstić information content (AvgIpc) is 1.97. The van der Waals surface area contributed by atoms with Gasteiger partial charge in [0.05, 0.1) is 0 Å². The van der Waals surface area contributed by atoms with Crippen LogP contribution in [0.1, 0.15) is 13.8 Å². The van der Waals surface area contributed by atoms with Gasteiger partial charge in [0, 0.05) is 5.57 Å². The van der Waals surface area contributed by atoms with Crippen LogP contribution in [0.2, 0.25) is 0 Å². The minimum atomic E-state index is -1.20. The molecule has 2 bridgehead atoms. The molecule has 0 N–H and O–H groups in total. The average molecular weight is 279 g/mol. The third-order valence-corrected chi connectivity index (χ3v) is 2.48. The van der Waals surface area contributed by atoms with Gasteiger partial charge in [-0.25, -0.2) is 0 Å². The van der Waals surface area contributed by atoms with Crippen LogP contribution in [0, 0.1) is 0 Å². The van der Waals surface area contributed by atoms with E-state index in [2.05, 4.69) is 22.5 Å². The first-order chi connectivity index (χ1) is 6.89. The maximum absolute atomic E-state index is 11.1. The van der Waals surface area contributed by atoms with Crippen molar-refractivity contribution in [2.75, 3.05) is 6.61 Å². The van der Waals surface area contributed by atoms with Crippen LogP contribution in [0.5, 0.6) is 0 Å². The lowest BCUT2D eigenvalue weighted by atomic mass is 10.2. The van der Waals surface area contributed by atoms with Crippen LogP contribution in [-0.2, 0) is 23.7 Å². The molecule has 0 spiro atoms. The molecule has 0 aromatic carbocycles. The summed E-state index contributed by atoms with van der Waals surface area (Å²) in [6.45, 7) is 6.98. The van der Waals surface area contributed by atoms with Crippen LogP contribution in [0.3, 0.4) is 0 Å². The Labute approximate surface area is 95.4 Å². The highest BCUT2D eigenvalue weighted by atomic mass is 79.9. The van der Waals surface area contributed by atoms with Crippen molar-refractivity contribution in [3.05, 3.63) is 12.2 Å². The van der Waals surface area contributed by atoms with Gasteiger partial charge < -0.3 is 4.74 Å². The lowest BCUT2D eigenvalue weighted by molar-refractivity contribution is -0.780. The number of rotatable bonds is 4. The van der Waals surface area contributed by atoms with Gasteiger partial charge in [-0.15, -0.1) is 0 Å². The molecule has 0 aliphatic carbocycles. The molecule has 0 aromatic heterocycles. The number of carbonyl (C=O) groups excluding carboxylic acids is 1. The maximum atomic E-state index is 11.1. The Hall–Kier alpha value is -0.430. The molecule has 3 rings (SSSR count). The van der Waals surface area contributed by atoms with Crippen LogP contribution in [0.15, 0.2) is 12.2 Å². The summed E-state index contributed by atoms with van der Waals surface area (Å²) in [4.78, 5) is 10.7. The molecule has 3 saturated heterocycles. The molecule has 0 saturated carbocycles. The summed E-state index contributed by atoms with van der Waals surface area (Å²) >= 11 is 3.08. The van der Waals surface area contributed by atoms with E-state index in [9.17, 15) is 4.79 Å². The summed E-state index contributed by atoms with van der Waals surface area (Å²) in [6.07, 6.45) is 0. The summed E-state index contributed by atoms with van der Waals surface area (Å²) in [7, 11) is 0. The van der Waals surface area contributed by atoms with E-state index in [1.54, 1.807) is 13.8 Å². The zero-order valence-corrected chi connectivity index (χ0v) is 10.00. The van der Waals surface area contributed by atoms with E-state index in [0.29, 0.717) is 5.57 Å². The minimum absolute atomic E-state index is 0.0726. The predicted molar refractivity (Wildman–Crippen MR) is 52.9 cm³/mol. The first kappa shape index (κ1) is 11.1. The molecule has 1 atom stereocenters. The van der Waals surface area contributed by atoms with Gasteiger partial charge in [-0.1, -0.05) is 22.5 Å². The Kier molecular flexibility index (Phi) is 2.42. The minimum Gasteiger partial charge on any atom is -0.456 e. The second kappa shape index (κ2) is 3.28. The zero-order valence-electron chi connectivity index (χ0n) is 8.41. The largest absolute Gasteiger partial charge is 0.456 e. The van der Waals surface area contributed by atoms with Crippen molar-refractivity contribution in [1.82, 2.24) is 0 Å². The van der Waals surface area contributed by atoms with E-state index in [4.69, 9.17) is 18.9 Å². The fraction of sp³-hybridized carbons (Fsp3) is 0.667. The lowest BCUT2D eigenvalue weighted by Crippen LogP contribution is -2.82. The maximum Gasteiger partial charge on any atom is 0.332 e. The van der Waals surface area contributed by atoms with E-state index in [0.717, 1.165) is 0 Å². The molecule has 5 nitrogen and oxygen atoms in total. The summed E-state index contributed by atoms with van der Waals surface area (Å²) in [5.41, 5.74) is 0.629. The zero-order chi connectivity index (χ0) is 11.3. The molecule has 3 aliphatic heterocycles. The highest BCUT2D eigenvalue weighted by Gasteiger charge is 2.77. The summed E-state index contributed by atoms with van der Waals surface area (Å²) in [5, 5.41) is 0. The van der Waals surface area contributed by atoms with Crippen molar-refractivity contribution < 1.29 is 23.7 Å². The van der Waals surface area contributed by atoms with Gasteiger partial charge in [0.1, 0.15) is 4.83 Å². The molecule has 0 aromatic rings. The highest BCUT2D eigenvalue weighted by molar-refractivity contribution is 9.10. The number of hydrogen-bond donors (Lipinski definition) is 0. The Balaban J connectivity index is 1.77. The van der Waals surface area contributed by atoms with Crippen molar-refractivity contribution in [3.8, 4) is 0 Å². The monoisotopic (exact) mass is 278 g/mol. The summed E-state index contributed by atoms with van der Waals surface area (Å²) in [5.74, 6) is -2.68. The fourth-order valence-electron chi connectivity index (χ4n) is 1.26. The summed E-state index contributed by atoms with van der Waals surface area (Å²) in [6, 6.07) is 0. The van der Waals surface area contributed by atoms with Gasteiger partial charge >= 0.3 is 17.9 Å². The van der Waals surface area contributed by atoms with Crippen LogP contribution in [0.25, 0.3) is 0 Å². The number of hydrogen-bond acceptors (Lipinski definition) is 5. The number of carbonyl (C=O) groups is 1. The third-order valence-electron chi connectivity index (χ3n) is 2.11. The molecule has 15 heavy (non-hydrogen) atoms. The molecular formula is C9H11BrO5. The molecule has 1 unspecified atom stereocenters. The van der Waals surface area contributed by atoms with Gasteiger partial charge in [0.2, 0.25) is 0 Å². The van der Waals surface area contributed by atoms with Crippen molar-refractivity contribution in [1.29, 1.82) is 0 Å². The quantitative estimate of drug-likeness (QED) is 0.441. The standard InChI is InChI=1S/C9H11BrO5/c1-5(2)9-13-8(14-9,15-9)4-12-7(11)6(3)10/h6H,1,4H2,2-3H3. The van der Waals surface area contributed by atoms with Gasteiger partial charge in [-0.2, -0.15) is 0 Å². The molecule has 6 heteroatoms. The van der Waals surface area contributed by atoms with E-state index in [1.807, 2.05) is 0 Å². The number of ether oxygens (including phenoxy) is 4. The molecule has 0 radical (unpaired) electrons. The SMILES string of the molecule is C=C(C)C12OC(COC(=O)C(C)Br)(O1)O2. The Morgan fingerprint density at radius 3 is 2.47 bits per heavy atom. The second-order valence-electron chi connectivity index (χ2n) is 3.55. The van der Waals surface area contributed by atoms with Crippen molar-refractivity contribution in [3.63, 3.8) is 0 Å². The van der Waals surface area contributed by atoms with Crippen LogP contribution in [0.4, 0.5) is 0 Å². The van der Waals surface area contributed by atoms with Gasteiger partial charge in [0.25, 0.3) is 0 Å². The molecule has 3 heterocycles. The molecule has 3 aliphatic rings. The Morgan fingerprint density at radius 1 is 1.53 bits per heavy atom. The Bertz CT molecular complexity index is 305. The van der Waals surface area contributed by atoms with Gasteiger partial charge in [-0.3, -0.25) is 19.0 Å². The first-order valence-corrected chi connectivity index (χ1v) is 5.38. The topological polar surface area (TPSA) is 54.0 Å². The van der Waals surface area contributed by atoms with Crippen LogP contribution >= 0.6 is 15.9 Å². The summed E-state index contributed by atoms with van der Waals surface area (Å²) < 4.78 is 20.7. The smallest absolute Gasteiger partial charge is 0.332 e. The Morgan fingerprint density at radius 2 is 2.07 bits per heavy atom. The van der Waals surface area contributed by atoms with Crippen molar-refractivity contribution in [2.45, 2.75) is 30.6 Å². The number of alkyl halides is 1. The molecule has 84 valence electrons. The van der Waals surface area contributed by atoms with E-state index in [-0.39, 0.29) is 17.4 Å². The molecular weight excluding hydrogens is 268 g/mol. The normalized spacial score (nSPS) is 38.6. The van der Waals surface area contributed by atoms with E-state index < -0.39 is 11.9 Å². The first-order valence-electron chi connectivity index (χ1n) is 4.46. The number of halogens is 1. The fourth-order valence-corrected chi connectivity index (χ4v) is 1.39. The van der Waals surface area contributed by atoms with Crippen molar-refractivity contribution >= 4 is 21.9 Å². The van der Waals surface area contributed by atoms with E-state index in [1.165, 1.54) is 0 Å². The number of esters is 1.